The van der Waals surface area contributed by atoms with Crippen molar-refractivity contribution in [3.05, 3.63) is 89.7 Å². The molecule has 3 aromatic carbocycles. The molecule has 34 heavy (non-hydrogen) atoms. The van der Waals surface area contributed by atoms with Gasteiger partial charge in [0.15, 0.2) is 0 Å². The Labute approximate surface area is 194 Å². The van der Waals surface area contributed by atoms with E-state index in [0.29, 0.717) is 29.7 Å². The Morgan fingerprint density at radius 2 is 1.56 bits per heavy atom. The molecule has 1 fully saturated rings. The summed E-state index contributed by atoms with van der Waals surface area (Å²) in [7, 11) is 0. The topological polar surface area (TPSA) is 49.4 Å². The second kappa shape index (κ2) is 9.67. The van der Waals surface area contributed by atoms with Crippen molar-refractivity contribution in [1.29, 1.82) is 0 Å². The molecule has 8 heteroatoms. The third-order valence-electron chi connectivity index (χ3n) is 5.93. The molecule has 0 bridgehead atoms. The summed E-state index contributed by atoms with van der Waals surface area (Å²) in [5.41, 5.74) is 0.213. The lowest BCUT2D eigenvalue weighted by molar-refractivity contribution is -0.138. The fourth-order valence-corrected chi connectivity index (χ4v) is 4.14. The summed E-state index contributed by atoms with van der Waals surface area (Å²) >= 11 is 0. The molecule has 0 spiro atoms. The van der Waals surface area contributed by atoms with Gasteiger partial charge in [0.25, 0.3) is 5.91 Å². The molecule has 1 heterocycles. The molecule has 4 rings (SSSR count). The van der Waals surface area contributed by atoms with E-state index in [9.17, 15) is 27.2 Å². The van der Waals surface area contributed by atoms with Crippen LogP contribution in [0.2, 0.25) is 0 Å². The lowest BCUT2D eigenvalue weighted by Gasteiger charge is -2.32. The highest BCUT2D eigenvalue weighted by Crippen LogP contribution is 2.33. The number of nitrogens with zero attached hydrogens (tertiary/aromatic N) is 1. The second-order valence-electron chi connectivity index (χ2n) is 8.16. The van der Waals surface area contributed by atoms with E-state index in [0.717, 1.165) is 6.07 Å². The van der Waals surface area contributed by atoms with Crippen LogP contribution in [0.1, 0.15) is 28.8 Å². The van der Waals surface area contributed by atoms with Crippen molar-refractivity contribution in [2.45, 2.75) is 19.0 Å². The van der Waals surface area contributed by atoms with Crippen molar-refractivity contribution in [1.82, 2.24) is 4.90 Å². The molecular formula is C26H22F4N2O2. The van der Waals surface area contributed by atoms with Crippen LogP contribution in [-0.2, 0) is 11.0 Å². The van der Waals surface area contributed by atoms with Crippen LogP contribution in [0.15, 0.2) is 72.8 Å². The summed E-state index contributed by atoms with van der Waals surface area (Å²) in [5.74, 6) is -1.69. The SMILES string of the molecule is O=C(Nc1cccc(-c2ccccc2F)c1)C1CCN(C(=O)c2ccccc2C(F)(F)F)CC1. The number of carbonyl (C=O) groups is 2. The zero-order valence-corrected chi connectivity index (χ0v) is 18.1. The quantitative estimate of drug-likeness (QED) is 0.476. The van der Waals surface area contributed by atoms with Gasteiger partial charge in [-0.1, -0.05) is 42.5 Å². The van der Waals surface area contributed by atoms with Gasteiger partial charge in [0.2, 0.25) is 5.91 Å². The molecule has 1 aliphatic rings. The number of benzene rings is 3. The number of hydrogen-bond donors (Lipinski definition) is 1. The molecule has 1 N–H and O–H groups in total. The average Bonchev–Trinajstić information content (AvgIpc) is 2.83. The van der Waals surface area contributed by atoms with Crippen molar-refractivity contribution in [2.75, 3.05) is 18.4 Å². The predicted molar refractivity (Wildman–Crippen MR) is 121 cm³/mol. The molecule has 0 unspecified atom stereocenters. The summed E-state index contributed by atoms with van der Waals surface area (Å²) in [6.07, 6.45) is -3.96. The van der Waals surface area contributed by atoms with Crippen molar-refractivity contribution >= 4 is 17.5 Å². The average molecular weight is 470 g/mol. The third kappa shape index (κ3) is 5.11. The van der Waals surface area contributed by atoms with Gasteiger partial charge in [-0.25, -0.2) is 4.39 Å². The van der Waals surface area contributed by atoms with Gasteiger partial charge in [0, 0.05) is 30.3 Å². The first-order chi connectivity index (χ1) is 16.2. The number of likely N-dealkylation sites (tertiary alicyclic amines) is 1. The minimum absolute atomic E-state index is 0.179. The van der Waals surface area contributed by atoms with E-state index in [2.05, 4.69) is 5.32 Å². The number of rotatable bonds is 4. The van der Waals surface area contributed by atoms with E-state index >= 15 is 0 Å². The van der Waals surface area contributed by atoms with Gasteiger partial charge in [-0.15, -0.1) is 0 Å². The number of piperidine rings is 1. The number of hydrogen-bond acceptors (Lipinski definition) is 2. The number of nitrogens with one attached hydrogen (secondary N) is 1. The molecule has 2 amide bonds. The molecule has 1 aliphatic heterocycles. The Kier molecular flexibility index (Phi) is 6.68. The molecule has 1 saturated heterocycles. The zero-order valence-electron chi connectivity index (χ0n) is 18.1. The van der Waals surface area contributed by atoms with Crippen LogP contribution in [0.5, 0.6) is 0 Å². The molecule has 0 radical (unpaired) electrons. The van der Waals surface area contributed by atoms with Crippen molar-refractivity contribution < 1.29 is 27.2 Å². The number of amides is 2. The Morgan fingerprint density at radius 3 is 2.26 bits per heavy atom. The lowest BCUT2D eigenvalue weighted by Crippen LogP contribution is -2.42. The normalized spacial score (nSPS) is 14.6. The molecule has 0 aromatic heterocycles. The van der Waals surface area contributed by atoms with Crippen molar-refractivity contribution in [3.63, 3.8) is 0 Å². The monoisotopic (exact) mass is 470 g/mol. The first-order valence-electron chi connectivity index (χ1n) is 10.9. The van der Waals surface area contributed by atoms with Crippen molar-refractivity contribution in [3.8, 4) is 11.1 Å². The van der Waals surface area contributed by atoms with Gasteiger partial charge in [-0.2, -0.15) is 13.2 Å². The van der Waals surface area contributed by atoms with E-state index in [1.54, 1.807) is 42.5 Å². The maximum Gasteiger partial charge on any atom is 0.417 e. The van der Waals surface area contributed by atoms with Crippen molar-refractivity contribution in [2.24, 2.45) is 5.92 Å². The minimum atomic E-state index is -4.62. The fourth-order valence-electron chi connectivity index (χ4n) is 4.14. The van der Waals surface area contributed by atoms with Crippen LogP contribution < -0.4 is 5.32 Å². The van der Waals surface area contributed by atoms with Gasteiger partial charge < -0.3 is 10.2 Å². The lowest BCUT2D eigenvalue weighted by atomic mass is 9.94. The standard InChI is InChI=1S/C26H22F4N2O2/c27-23-11-4-2-8-20(23)18-6-5-7-19(16-18)31-24(33)17-12-14-32(15-13-17)25(34)21-9-1-3-10-22(21)26(28,29)30/h1-11,16-17H,12-15H2,(H,31,33). The fraction of sp³-hybridized carbons (Fsp3) is 0.231. The van der Waals surface area contributed by atoms with Gasteiger partial charge in [-0.3, -0.25) is 9.59 Å². The summed E-state index contributed by atoms with van der Waals surface area (Å²) in [6, 6.07) is 17.9. The van der Waals surface area contributed by atoms with Crippen LogP contribution in [-0.4, -0.2) is 29.8 Å². The molecular weight excluding hydrogens is 448 g/mol. The Balaban J connectivity index is 1.39. The van der Waals surface area contributed by atoms with Gasteiger partial charge in [0.05, 0.1) is 11.1 Å². The van der Waals surface area contributed by atoms with Crippen LogP contribution in [0, 0.1) is 11.7 Å². The zero-order chi connectivity index (χ0) is 24.3. The smallest absolute Gasteiger partial charge is 0.339 e. The van der Waals surface area contributed by atoms with Gasteiger partial charge in [0.1, 0.15) is 5.82 Å². The molecule has 3 aromatic rings. The maximum atomic E-state index is 14.1. The maximum absolute atomic E-state index is 14.1. The van der Waals surface area contributed by atoms with E-state index in [-0.39, 0.29) is 36.3 Å². The first-order valence-corrected chi connectivity index (χ1v) is 10.9. The Bertz CT molecular complexity index is 1200. The number of alkyl halides is 3. The number of carbonyl (C=O) groups excluding carboxylic acids is 2. The van der Waals surface area contributed by atoms with Crippen LogP contribution >= 0.6 is 0 Å². The summed E-state index contributed by atoms with van der Waals surface area (Å²) in [6.45, 7) is 0.358. The number of halogens is 4. The summed E-state index contributed by atoms with van der Waals surface area (Å²) < 4.78 is 53.9. The van der Waals surface area contributed by atoms with Crippen LogP contribution in [0.25, 0.3) is 11.1 Å². The highest BCUT2D eigenvalue weighted by molar-refractivity contribution is 5.97. The highest BCUT2D eigenvalue weighted by Gasteiger charge is 2.37. The highest BCUT2D eigenvalue weighted by atomic mass is 19.4. The van der Waals surface area contributed by atoms with Gasteiger partial charge in [-0.05, 0) is 48.7 Å². The molecule has 0 aliphatic carbocycles. The summed E-state index contributed by atoms with van der Waals surface area (Å²) in [4.78, 5) is 26.9. The minimum Gasteiger partial charge on any atom is -0.339 e. The molecule has 0 atom stereocenters. The third-order valence-corrected chi connectivity index (χ3v) is 5.93. The summed E-state index contributed by atoms with van der Waals surface area (Å²) in [5, 5.41) is 2.83. The Morgan fingerprint density at radius 1 is 0.882 bits per heavy atom. The van der Waals surface area contributed by atoms with E-state index in [1.165, 1.54) is 29.2 Å². The van der Waals surface area contributed by atoms with E-state index in [4.69, 9.17) is 0 Å². The largest absolute Gasteiger partial charge is 0.417 e. The van der Waals surface area contributed by atoms with Crippen LogP contribution in [0.4, 0.5) is 23.2 Å². The molecule has 176 valence electrons. The first kappa shape index (κ1) is 23.5. The van der Waals surface area contributed by atoms with E-state index < -0.39 is 17.6 Å². The second-order valence-corrected chi connectivity index (χ2v) is 8.16. The molecule has 4 nitrogen and oxygen atoms in total. The van der Waals surface area contributed by atoms with E-state index in [1.807, 2.05) is 0 Å². The number of anilines is 1. The Hall–Kier alpha value is -3.68. The van der Waals surface area contributed by atoms with Crippen LogP contribution in [0.3, 0.4) is 0 Å². The molecule has 0 saturated carbocycles. The van der Waals surface area contributed by atoms with Gasteiger partial charge >= 0.3 is 6.18 Å². The predicted octanol–water partition coefficient (Wildman–Crippen LogP) is 6.00.